The summed E-state index contributed by atoms with van der Waals surface area (Å²) >= 11 is 0. The first-order valence-electron chi connectivity index (χ1n) is 6.64. The lowest BCUT2D eigenvalue weighted by Crippen LogP contribution is -2.15. The quantitative estimate of drug-likeness (QED) is 0.777. The highest BCUT2D eigenvalue weighted by Crippen LogP contribution is 2.20. The molecular weight excluding hydrogens is 280 g/mol. The first-order valence-corrected chi connectivity index (χ1v) is 6.64. The molecule has 0 aliphatic heterocycles. The smallest absolute Gasteiger partial charge is 0.337 e. The Hall–Kier alpha value is -3.21. The van der Waals surface area contributed by atoms with Crippen LogP contribution in [-0.4, -0.2) is 22.0 Å². The van der Waals surface area contributed by atoms with Gasteiger partial charge in [-0.2, -0.15) is 0 Å². The molecule has 0 aliphatic carbocycles. The van der Waals surface area contributed by atoms with Crippen molar-refractivity contribution in [1.29, 1.82) is 0 Å². The number of aromatic carboxylic acids is 1. The molecule has 2 aromatic carbocycles. The van der Waals surface area contributed by atoms with Gasteiger partial charge in [-0.1, -0.05) is 30.3 Å². The largest absolute Gasteiger partial charge is 0.478 e. The van der Waals surface area contributed by atoms with E-state index in [9.17, 15) is 9.59 Å². The lowest BCUT2D eigenvalue weighted by Gasteiger charge is -2.09. The monoisotopic (exact) mass is 292 g/mol. The number of pyridine rings is 1. The van der Waals surface area contributed by atoms with Crippen molar-refractivity contribution in [3.05, 3.63) is 71.9 Å². The van der Waals surface area contributed by atoms with Crippen molar-refractivity contribution in [2.24, 2.45) is 0 Å². The first kappa shape index (κ1) is 13.8. The Morgan fingerprint density at radius 2 is 1.64 bits per heavy atom. The SMILES string of the molecule is O=C(O)c1ccccc1NC(=O)c1cccc2cccnc12. The van der Waals surface area contributed by atoms with Crippen molar-refractivity contribution >= 4 is 28.5 Å². The number of benzene rings is 2. The standard InChI is InChI=1S/C17H12N2O3/c20-16(19-14-9-2-1-7-12(14)17(21)22)13-8-3-5-11-6-4-10-18-15(11)13/h1-10H,(H,19,20)(H,21,22). The third-order valence-electron chi connectivity index (χ3n) is 3.28. The van der Waals surface area contributed by atoms with E-state index in [1.165, 1.54) is 6.07 Å². The number of aromatic nitrogens is 1. The van der Waals surface area contributed by atoms with E-state index in [1.54, 1.807) is 42.6 Å². The Labute approximate surface area is 126 Å². The fourth-order valence-electron chi connectivity index (χ4n) is 2.26. The number of fused-ring (bicyclic) bond motifs is 1. The average Bonchev–Trinajstić information content (AvgIpc) is 2.54. The van der Waals surface area contributed by atoms with E-state index in [4.69, 9.17) is 5.11 Å². The Bertz CT molecular complexity index is 869. The number of nitrogens with one attached hydrogen (secondary N) is 1. The minimum absolute atomic E-state index is 0.0454. The summed E-state index contributed by atoms with van der Waals surface area (Å²) < 4.78 is 0. The van der Waals surface area contributed by atoms with Crippen molar-refractivity contribution in [1.82, 2.24) is 4.98 Å². The number of hydrogen-bond donors (Lipinski definition) is 2. The fourth-order valence-corrected chi connectivity index (χ4v) is 2.26. The van der Waals surface area contributed by atoms with Gasteiger partial charge in [0.2, 0.25) is 0 Å². The lowest BCUT2D eigenvalue weighted by molar-refractivity contribution is 0.0698. The van der Waals surface area contributed by atoms with Crippen molar-refractivity contribution in [2.45, 2.75) is 0 Å². The van der Waals surface area contributed by atoms with Crippen molar-refractivity contribution in [2.75, 3.05) is 5.32 Å². The second-order valence-corrected chi connectivity index (χ2v) is 4.69. The van der Waals surface area contributed by atoms with Gasteiger partial charge in [-0.05, 0) is 24.3 Å². The molecule has 5 nitrogen and oxygen atoms in total. The van der Waals surface area contributed by atoms with Gasteiger partial charge in [0.05, 0.1) is 22.3 Å². The number of anilines is 1. The molecule has 0 spiro atoms. The van der Waals surface area contributed by atoms with Gasteiger partial charge in [-0.15, -0.1) is 0 Å². The van der Waals surface area contributed by atoms with Crippen LogP contribution in [0.1, 0.15) is 20.7 Å². The van der Waals surface area contributed by atoms with Gasteiger partial charge in [-0.3, -0.25) is 9.78 Å². The third kappa shape index (κ3) is 2.52. The Kier molecular flexibility index (Phi) is 3.53. The zero-order valence-electron chi connectivity index (χ0n) is 11.5. The van der Waals surface area contributed by atoms with Crippen LogP contribution >= 0.6 is 0 Å². The fraction of sp³-hybridized carbons (Fsp3) is 0. The van der Waals surface area contributed by atoms with E-state index < -0.39 is 11.9 Å². The zero-order chi connectivity index (χ0) is 15.5. The minimum atomic E-state index is -1.09. The maximum Gasteiger partial charge on any atom is 0.337 e. The second kappa shape index (κ2) is 5.65. The molecular formula is C17H12N2O3. The van der Waals surface area contributed by atoms with Crippen LogP contribution in [0.2, 0.25) is 0 Å². The van der Waals surface area contributed by atoms with Crippen molar-refractivity contribution in [3.63, 3.8) is 0 Å². The van der Waals surface area contributed by atoms with Gasteiger partial charge in [0.15, 0.2) is 0 Å². The molecule has 0 radical (unpaired) electrons. The topological polar surface area (TPSA) is 79.3 Å². The van der Waals surface area contributed by atoms with Crippen LogP contribution < -0.4 is 5.32 Å². The number of carboxylic acid groups (broad SMARTS) is 1. The highest BCUT2D eigenvalue weighted by molar-refractivity contribution is 6.13. The number of rotatable bonds is 3. The molecule has 1 amide bonds. The van der Waals surface area contributed by atoms with Gasteiger partial charge in [0, 0.05) is 11.6 Å². The number of carbonyl (C=O) groups is 2. The number of amides is 1. The summed E-state index contributed by atoms with van der Waals surface area (Å²) in [6.45, 7) is 0. The van der Waals surface area contributed by atoms with Crippen LogP contribution in [0, 0.1) is 0 Å². The number of carboxylic acids is 1. The molecule has 108 valence electrons. The second-order valence-electron chi connectivity index (χ2n) is 4.69. The van der Waals surface area contributed by atoms with Crippen LogP contribution in [0.5, 0.6) is 0 Å². The number of carbonyl (C=O) groups excluding carboxylic acids is 1. The molecule has 5 heteroatoms. The van der Waals surface area contributed by atoms with E-state index in [1.807, 2.05) is 12.1 Å². The van der Waals surface area contributed by atoms with E-state index in [-0.39, 0.29) is 11.3 Å². The number of para-hydroxylation sites is 2. The van der Waals surface area contributed by atoms with E-state index in [2.05, 4.69) is 10.3 Å². The summed E-state index contributed by atoms with van der Waals surface area (Å²) in [4.78, 5) is 27.9. The van der Waals surface area contributed by atoms with Crippen molar-refractivity contribution in [3.8, 4) is 0 Å². The molecule has 1 aromatic heterocycles. The lowest BCUT2D eigenvalue weighted by atomic mass is 10.1. The van der Waals surface area contributed by atoms with Crippen molar-refractivity contribution < 1.29 is 14.7 Å². The van der Waals surface area contributed by atoms with Crippen LogP contribution in [0.3, 0.4) is 0 Å². The maximum atomic E-state index is 12.5. The Balaban J connectivity index is 2.00. The third-order valence-corrected chi connectivity index (χ3v) is 3.28. The zero-order valence-corrected chi connectivity index (χ0v) is 11.5. The molecule has 0 atom stereocenters. The summed E-state index contributed by atoms with van der Waals surface area (Å²) in [6.07, 6.45) is 1.62. The van der Waals surface area contributed by atoms with Gasteiger partial charge >= 0.3 is 5.97 Å². The molecule has 3 aromatic rings. The summed E-state index contributed by atoms with van der Waals surface area (Å²) in [7, 11) is 0. The first-order chi connectivity index (χ1) is 10.7. The summed E-state index contributed by atoms with van der Waals surface area (Å²) in [6, 6.07) is 15.2. The van der Waals surface area contributed by atoms with E-state index in [0.717, 1.165) is 5.39 Å². The molecule has 2 N–H and O–H groups in total. The van der Waals surface area contributed by atoms with Gasteiger partial charge < -0.3 is 10.4 Å². The minimum Gasteiger partial charge on any atom is -0.478 e. The molecule has 0 fully saturated rings. The predicted octanol–water partition coefficient (Wildman–Crippen LogP) is 3.19. The van der Waals surface area contributed by atoms with Gasteiger partial charge in [0.25, 0.3) is 5.91 Å². The van der Waals surface area contributed by atoms with Crippen LogP contribution in [-0.2, 0) is 0 Å². The Morgan fingerprint density at radius 3 is 2.45 bits per heavy atom. The Morgan fingerprint density at radius 1 is 0.909 bits per heavy atom. The molecule has 0 aliphatic rings. The van der Waals surface area contributed by atoms with E-state index in [0.29, 0.717) is 11.1 Å². The highest BCUT2D eigenvalue weighted by Gasteiger charge is 2.15. The van der Waals surface area contributed by atoms with Crippen LogP contribution in [0.4, 0.5) is 5.69 Å². The molecule has 3 rings (SSSR count). The molecule has 0 bridgehead atoms. The number of hydrogen-bond acceptors (Lipinski definition) is 3. The molecule has 0 saturated heterocycles. The van der Waals surface area contributed by atoms with E-state index >= 15 is 0 Å². The molecule has 0 saturated carbocycles. The molecule has 0 unspecified atom stereocenters. The highest BCUT2D eigenvalue weighted by atomic mass is 16.4. The summed E-state index contributed by atoms with van der Waals surface area (Å²) in [5.41, 5.74) is 1.28. The molecule has 1 heterocycles. The maximum absolute atomic E-state index is 12.5. The average molecular weight is 292 g/mol. The normalized spacial score (nSPS) is 10.4. The number of nitrogens with zero attached hydrogens (tertiary/aromatic N) is 1. The predicted molar refractivity (Wildman–Crippen MR) is 83.1 cm³/mol. The van der Waals surface area contributed by atoms with Gasteiger partial charge in [-0.25, -0.2) is 4.79 Å². The van der Waals surface area contributed by atoms with Gasteiger partial charge in [0.1, 0.15) is 0 Å². The summed E-state index contributed by atoms with van der Waals surface area (Å²) in [5, 5.41) is 12.6. The summed E-state index contributed by atoms with van der Waals surface area (Å²) in [5.74, 6) is -1.48. The molecule has 22 heavy (non-hydrogen) atoms. The van der Waals surface area contributed by atoms with Crippen LogP contribution in [0.15, 0.2) is 60.8 Å². The van der Waals surface area contributed by atoms with Crippen LogP contribution in [0.25, 0.3) is 10.9 Å².